The summed E-state index contributed by atoms with van der Waals surface area (Å²) in [5.74, 6) is -0.487. The van der Waals surface area contributed by atoms with Gasteiger partial charge in [-0.05, 0) is 29.8 Å². The predicted molar refractivity (Wildman–Crippen MR) is 129 cm³/mol. The molecule has 0 saturated heterocycles. The number of Topliss-reactive ketones (excluding diaryl/α,β-unsaturated/α-hetero) is 1. The number of hydrogen-bond donors (Lipinski definition) is 2. The quantitative estimate of drug-likeness (QED) is 0.437. The highest BCUT2D eigenvalue weighted by molar-refractivity contribution is 6.14. The standard InChI is InChI=1S/C27H23NO8/c1-33-20-10-6-9-17(26(20)34-2)13-22-25(30)19-12-11-18(14-21(19)36-22)35-15-23(29)28-24(27(31)32)16-7-4-3-5-8-16/h3-14,24H,15H2,1-2H3,(H,28,29)(H,31,32)/b22-13-. The van der Waals surface area contributed by atoms with Gasteiger partial charge in [0.1, 0.15) is 11.5 Å². The lowest BCUT2D eigenvalue weighted by molar-refractivity contribution is -0.142. The molecule has 184 valence electrons. The lowest BCUT2D eigenvalue weighted by atomic mass is 10.1. The molecular formula is C27H23NO8. The minimum atomic E-state index is -1.20. The molecule has 1 amide bonds. The van der Waals surface area contributed by atoms with Crippen LogP contribution in [0.25, 0.3) is 6.08 Å². The maximum atomic E-state index is 12.8. The number of benzene rings is 3. The minimum Gasteiger partial charge on any atom is -0.493 e. The van der Waals surface area contributed by atoms with Gasteiger partial charge in [-0.15, -0.1) is 0 Å². The van der Waals surface area contributed by atoms with Gasteiger partial charge in [0.2, 0.25) is 5.78 Å². The van der Waals surface area contributed by atoms with E-state index in [0.29, 0.717) is 28.2 Å². The van der Waals surface area contributed by atoms with Gasteiger partial charge < -0.3 is 29.4 Å². The number of methoxy groups -OCH3 is 2. The van der Waals surface area contributed by atoms with Crippen molar-refractivity contribution in [1.29, 1.82) is 0 Å². The second-order valence-corrected chi connectivity index (χ2v) is 7.72. The maximum absolute atomic E-state index is 12.8. The molecule has 0 saturated carbocycles. The molecule has 3 aromatic rings. The van der Waals surface area contributed by atoms with Gasteiger partial charge in [-0.2, -0.15) is 0 Å². The van der Waals surface area contributed by atoms with Crippen LogP contribution in [0.5, 0.6) is 23.0 Å². The molecular weight excluding hydrogens is 466 g/mol. The summed E-state index contributed by atoms with van der Waals surface area (Å²) in [5.41, 5.74) is 1.39. The van der Waals surface area contributed by atoms with Gasteiger partial charge in [0.05, 0.1) is 19.8 Å². The van der Waals surface area contributed by atoms with Crippen molar-refractivity contribution in [2.45, 2.75) is 6.04 Å². The molecule has 9 heteroatoms. The Morgan fingerprint density at radius 2 is 1.81 bits per heavy atom. The molecule has 0 aliphatic carbocycles. The van der Waals surface area contributed by atoms with Gasteiger partial charge in [-0.3, -0.25) is 9.59 Å². The fraction of sp³-hybridized carbons (Fsp3) is 0.148. The lowest BCUT2D eigenvalue weighted by Gasteiger charge is -2.15. The Morgan fingerprint density at radius 3 is 2.50 bits per heavy atom. The van der Waals surface area contributed by atoms with Crippen LogP contribution in [0.2, 0.25) is 0 Å². The number of carbonyl (C=O) groups is 3. The first-order valence-corrected chi connectivity index (χ1v) is 10.9. The van der Waals surface area contributed by atoms with Gasteiger partial charge in [-0.1, -0.05) is 42.5 Å². The third-order valence-corrected chi connectivity index (χ3v) is 5.42. The number of ketones is 1. The fourth-order valence-corrected chi connectivity index (χ4v) is 3.71. The Labute approximate surface area is 206 Å². The first kappa shape index (κ1) is 24.3. The molecule has 0 fully saturated rings. The molecule has 2 N–H and O–H groups in total. The topological polar surface area (TPSA) is 120 Å². The van der Waals surface area contributed by atoms with Crippen LogP contribution in [0.1, 0.15) is 27.5 Å². The third-order valence-electron chi connectivity index (χ3n) is 5.42. The number of carbonyl (C=O) groups excluding carboxylic acids is 2. The summed E-state index contributed by atoms with van der Waals surface area (Å²) >= 11 is 0. The summed E-state index contributed by atoms with van der Waals surface area (Å²) in [6.07, 6.45) is 1.56. The van der Waals surface area contributed by atoms with Crippen LogP contribution in [0.15, 0.2) is 72.5 Å². The summed E-state index contributed by atoms with van der Waals surface area (Å²) in [5, 5.41) is 11.9. The highest BCUT2D eigenvalue weighted by Crippen LogP contribution is 2.37. The van der Waals surface area contributed by atoms with Crippen LogP contribution in [0, 0.1) is 0 Å². The molecule has 3 aromatic carbocycles. The second kappa shape index (κ2) is 10.6. The smallest absolute Gasteiger partial charge is 0.330 e. The largest absolute Gasteiger partial charge is 0.493 e. The minimum absolute atomic E-state index is 0.0959. The van der Waals surface area contributed by atoms with E-state index in [0.717, 1.165) is 0 Å². The Hall–Kier alpha value is -4.79. The van der Waals surface area contributed by atoms with Crippen LogP contribution in [-0.4, -0.2) is 43.6 Å². The zero-order valence-electron chi connectivity index (χ0n) is 19.5. The van der Waals surface area contributed by atoms with E-state index in [-0.39, 0.29) is 23.0 Å². The van der Waals surface area contributed by atoms with Crippen LogP contribution in [-0.2, 0) is 9.59 Å². The van der Waals surface area contributed by atoms with E-state index in [1.54, 1.807) is 60.7 Å². The Bertz CT molecular complexity index is 1330. The summed E-state index contributed by atoms with van der Waals surface area (Å²) in [4.78, 5) is 36.8. The van der Waals surface area contributed by atoms with Crippen LogP contribution in [0.3, 0.4) is 0 Å². The van der Waals surface area contributed by atoms with Crippen molar-refractivity contribution in [2.24, 2.45) is 0 Å². The molecule has 1 aliphatic rings. The first-order valence-electron chi connectivity index (χ1n) is 10.9. The van der Waals surface area contributed by atoms with E-state index in [4.69, 9.17) is 18.9 Å². The summed E-state index contributed by atoms with van der Waals surface area (Å²) in [6, 6.07) is 17.0. The fourth-order valence-electron chi connectivity index (χ4n) is 3.71. The molecule has 9 nitrogen and oxygen atoms in total. The Balaban J connectivity index is 1.44. The highest BCUT2D eigenvalue weighted by Gasteiger charge is 2.28. The number of para-hydroxylation sites is 1. The zero-order valence-corrected chi connectivity index (χ0v) is 19.5. The molecule has 1 atom stereocenters. The normalized spacial score (nSPS) is 13.9. The van der Waals surface area contributed by atoms with E-state index >= 15 is 0 Å². The molecule has 1 aliphatic heterocycles. The van der Waals surface area contributed by atoms with Crippen molar-refractivity contribution >= 4 is 23.7 Å². The molecule has 0 aromatic heterocycles. The molecule has 36 heavy (non-hydrogen) atoms. The molecule has 1 heterocycles. The first-order chi connectivity index (χ1) is 17.4. The van der Waals surface area contributed by atoms with Crippen molar-refractivity contribution in [1.82, 2.24) is 5.32 Å². The van der Waals surface area contributed by atoms with E-state index in [1.165, 1.54) is 26.4 Å². The molecule has 0 bridgehead atoms. The number of hydrogen-bond acceptors (Lipinski definition) is 7. The second-order valence-electron chi connectivity index (χ2n) is 7.72. The van der Waals surface area contributed by atoms with Gasteiger partial charge >= 0.3 is 5.97 Å². The number of carboxylic acid groups (broad SMARTS) is 1. The van der Waals surface area contributed by atoms with E-state index in [9.17, 15) is 19.5 Å². The van der Waals surface area contributed by atoms with Crippen molar-refractivity contribution in [2.75, 3.05) is 20.8 Å². The average Bonchev–Trinajstić information content (AvgIpc) is 3.20. The number of allylic oxidation sites excluding steroid dienone is 1. The summed E-state index contributed by atoms with van der Waals surface area (Å²) in [6.45, 7) is -0.424. The molecule has 0 radical (unpaired) electrons. The van der Waals surface area contributed by atoms with Crippen molar-refractivity contribution in [3.63, 3.8) is 0 Å². The SMILES string of the molecule is COc1cccc(/C=C2\Oc3cc(OCC(=O)NC(C(=O)O)c4ccccc4)ccc3C2=O)c1OC. The lowest BCUT2D eigenvalue weighted by Crippen LogP contribution is -2.36. The monoisotopic (exact) mass is 489 g/mol. The zero-order chi connectivity index (χ0) is 25.7. The Morgan fingerprint density at radius 1 is 1.03 bits per heavy atom. The number of fused-ring (bicyclic) bond motifs is 1. The van der Waals surface area contributed by atoms with Gasteiger partial charge in [0.25, 0.3) is 5.91 Å². The number of nitrogens with one attached hydrogen (secondary N) is 1. The summed E-state index contributed by atoms with van der Waals surface area (Å²) < 4.78 is 22.0. The Kier molecular flexibility index (Phi) is 7.20. The van der Waals surface area contributed by atoms with E-state index in [1.807, 2.05) is 0 Å². The molecule has 1 unspecified atom stereocenters. The van der Waals surface area contributed by atoms with Gasteiger partial charge in [-0.25, -0.2) is 4.79 Å². The average molecular weight is 489 g/mol. The summed E-state index contributed by atoms with van der Waals surface area (Å²) in [7, 11) is 3.03. The number of aliphatic carboxylic acids is 1. The van der Waals surface area contributed by atoms with Crippen LogP contribution >= 0.6 is 0 Å². The number of rotatable bonds is 9. The highest BCUT2D eigenvalue weighted by atomic mass is 16.5. The third kappa shape index (κ3) is 5.15. The predicted octanol–water partition coefficient (Wildman–Crippen LogP) is 3.64. The van der Waals surface area contributed by atoms with Crippen LogP contribution < -0.4 is 24.3 Å². The van der Waals surface area contributed by atoms with E-state index in [2.05, 4.69) is 5.32 Å². The van der Waals surface area contributed by atoms with Gasteiger partial charge in [0, 0.05) is 11.6 Å². The molecule has 0 spiro atoms. The van der Waals surface area contributed by atoms with Crippen molar-refractivity contribution < 1.29 is 38.4 Å². The number of amides is 1. The van der Waals surface area contributed by atoms with Crippen molar-refractivity contribution in [3.8, 4) is 23.0 Å². The maximum Gasteiger partial charge on any atom is 0.330 e. The molecule has 4 rings (SSSR count). The van der Waals surface area contributed by atoms with E-state index < -0.39 is 24.5 Å². The van der Waals surface area contributed by atoms with Gasteiger partial charge in [0.15, 0.2) is 29.9 Å². The number of carboxylic acids is 1. The van der Waals surface area contributed by atoms with Crippen molar-refractivity contribution in [3.05, 3.63) is 89.2 Å². The van der Waals surface area contributed by atoms with Crippen LogP contribution in [0.4, 0.5) is 0 Å². The number of ether oxygens (including phenoxy) is 4.